The van der Waals surface area contributed by atoms with Gasteiger partial charge in [0.05, 0.1) is 39.9 Å². The van der Waals surface area contributed by atoms with E-state index in [0.717, 1.165) is 198 Å². The highest BCUT2D eigenvalue weighted by Crippen LogP contribution is 2.40. The molecule has 14 aromatic carbocycles. The van der Waals surface area contributed by atoms with Crippen molar-refractivity contribution < 1.29 is 0 Å². The molecule has 22 rings (SSSR count). The summed E-state index contributed by atoms with van der Waals surface area (Å²) in [7, 11) is 0. The van der Waals surface area contributed by atoms with Crippen molar-refractivity contribution >= 4 is 0 Å². The van der Waals surface area contributed by atoms with E-state index in [2.05, 4.69) is 200 Å². The molecule has 0 aliphatic carbocycles. The van der Waals surface area contributed by atoms with Crippen LogP contribution in [0.5, 0.6) is 0 Å². The van der Waals surface area contributed by atoms with Gasteiger partial charge >= 0.3 is 0 Å². The van der Waals surface area contributed by atoms with E-state index in [1.807, 2.05) is 376 Å². The van der Waals surface area contributed by atoms with Crippen molar-refractivity contribution in [3.63, 3.8) is 0 Å². The van der Waals surface area contributed by atoms with E-state index in [0.29, 0.717) is 0 Å². The van der Waals surface area contributed by atoms with Gasteiger partial charge in [-0.1, -0.05) is 425 Å². The van der Waals surface area contributed by atoms with Crippen LogP contribution in [-0.4, -0.2) is 79.7 Å². The van der Waals surface area contributed by atoms with Crippen LogP contribution < -0.4 is 0 Å². The second-order valence-corrected chi connectivity index (χ2v) is 32.3. The molecule has 0 bridgehead atoms. The van der Waals surface area contributed by atoms with E-state index in [-0.39, 0.29) is 0 Å². The quantitative estimate of drug-likeness (QED) is 0.0992. The lowest BCUT2D eigenvalue weighted by molar-refractivity contribution is 1.06. The van der Waals surface area contributed by atoms with Gasteiger partial charge in [0.1, 0.15) is 36.5 Å². The van der Waals surface area contributed by atoms with Gasteiger partial charge in [0, 0.05) is 131 Å². The number of nitrogens with zero attached hydrogens (tertiary/aromatic N) is 16. The Labute approximate surface area is 819 Å². The zero-order valence-electron chi connectivity index (χ0n) is 79.3. The van der Waals surface area contributed by atoms with Crippen LogP contribution in [0.25, 0.3) is 157 Å². The molecule has 0 aliphatic rings. The minimum Gasteiger partial charge on any atom is -0.244 e. The van der Waals surface area contributed by atoms with Crippen LogP contribution >= 0.6 is 0 Å². The lowest BCUT2D eigenvalue weighted by Crippen LogP contribution is -2.00. The summed E-state index contributed by atoms with van der Waals surface area (Å²) >= 11 is 0. The maximum Gasteiger partial charge on any atom is 0.160 e. The second kappa shape index (κ2) is 50.2. The second-order valence-electron chi connectivity index (χ2n) is 32.3. The number of hydrogen-bond acceptors (Lipinski definition) is 16. The summed E-state index contributed by atoms with van der Waals surface area (Å²) < 4.78 is 0. The summed E-state index contributed by atoms with van der Waals surface area (Å²) in [6.07, 6.45) is 12.1. The first-order valence-corrected chi connectivity index (χ1v) is 46.1. The van der Waals surface area contributed by atoms with Crippen LogP contribution in [0.3, 0.4) is 0 Å². The fourth-order valence-electron chi connectivity index (χ4n) is 15.3. The fraction of sp³-hybridized carbons (Fsp3) is 0.0645. The highest BCUT2D eigenvalue weighted by Gasteiger charge is 2.21. The molecule has 140 heavy (non-hydrogen) atoms. The van der Waals surface area contributed by atoms with E-state index in [1.54, 1.807) is 25.2 Å². The van der Waals surface area contributed by atoms with Gasteiger partial charge < -0.3 is 0 Å². The van der Waals surface area contributed by atoms with Crippen molar-refractivity contribution in [3.8, 4) is 157 Å². The van der Waals surface area contributed by atoms with Gasteiger partial charge in [0.25, 0.3) is 0 Å². The van der Waals surface area contributed by atoms with Gasteiger partial charge in [-0.15, -0.1) is 0 Å². The molecule has 0 aliphatic heterocycles. The van der Waals surface area contributed by atoms with E-state index < -0.39 is 0 Å². The van der Waals surface area contributed by atoms with Gasteiger partial charge in [0.15, 0.2) is 11.6 Å². The Morgan fingerprint density at radius 2 is 0.500 bits per heavy atom. The minimum atomic E-state index is 0.761. The molecule has 0 amide bonds. The van der Waals surface area contributed by atoms with Gasteiger partial charge in [-0.3, -0.25) is 0 Å². The Balaban J connectivity index is 0.000000123. The summed E-state index contributed by atoms with van der Waals surface area (Å²) in [6, 6.07) is 149. The lowest BCUT2D eigenvalue weighted by Gasteiger charge is -2.15. The molecular formula is C124H104N16. The average Bonchev–Trinajstić information content (AvgIpc) is 0.780. The molecule has 680 valence electrons. The molecule has 0 unspecified atom stereocenters. The SMILES string of the molecule is Cc1cc(-c2ccccc2)nc(-c2ccccc2)n1.Cc1cc(-c2ccccc2)ncn1.Cc1nc(-c2ccccc2)c(-c2ccccc2)c(-c2ccccc2)n1.Cc1nc(-c2ccccc2)nc(-c2ccccc2)c1-c1ccccc1.Cc1ncc(-c2ccccc2)cn1.Cc1nccc(-c2ccccc2)n1.Cc1ncnc(-c2ccccc2)c1-c1ccccc1.Cc1ncncc1-c1ccccc1. The Bertz CT molecular complexity index is 7290. The van der Waals surface area contributed by atoms with Gasteiger partial charge in [-0.25, -0.2) is 79.7 Å². The largest absolute Gasteiger partial charge is 0.244 e. The van der Waals surface area contributed by atoms with Gasteiger partial charge in [-0.05, 0) is 101 Å². The number of aryl methyl sites for hydroxylation is 8. The van der Waals surface area contributed by atoms with Crippen LogP contribution in [0.15, 0.2) is 487 Å². The molecule has 16 heteroatoms. The van der Waals surface area contributed by atoms with Gasteiger partial charge in [-0.2, -0.15) is 0 Å². The minimum absolute atomic E-state index is 0.761. The van der Waals surface area contributed by atoms with Crippen molar-refractivity contribution in [2.45, 2.75) is 55.4 Å². The molecule has 0 saturated carbocycles. The van der Waals surface area contributed by atoms with Gasteiger partial charge in [0.2, 0.25) is 0 Å². The third-order valence-electron chi connectivity index (χ3n) is 22.1. The molecule has 0 N–H and O–H groups in total. The highest BCUT2D eigenvalue weighted by molar-refractivity contribution is 5.91. The number of hydrogen-bond donors (Lipinski definition) is 0. The molecule has 0 saturated heterocycles. The summed E-state index contributed by atoms with van der Waals surface area (Å²) in [5, 5.41) is 0. The molecule has 16 nitrogen and oxygen atoms in total. The van der Waals surface area contributed by atoms with Crippen molar-refractivity contribution in [2.75, 3.05) is 0 Å². The normalized spacial score (nSPS) is 10.3. The summed E-state index contributed by atoms with van der Waals surface area (Å²) in [5.74, 6) is 3.93. The summed E-state index contributed by atoms with van der Waals surface area (Å²) in [4.78, 5) is 70.4. The number of aromatic nitrogens is 16. The molecule has 0 radical (unpaired) electrons. The maximum atomic E-state index is 4.94. The zero-order chi connectivity index (χ0) is 96.7. The third-order valence-corrected chi connectivity index (χ3v) is 22.1. The van der Waals surface area contributed by atoms with E-state index >= 15 is 0 Å². The van der Waals surface area contributed by atoms with E-state index in [1.165, 1.54) is 5.56 Å². The first kappa shape index (κ1) is 96.3. The monoisotopic (exact) mass is 1820 g/mol. The van der Waals surface area contributed by atoms with Crippen LogP contribution in [0.4, 0.5) is 0 Å². The van der Waals surface area contributed by atoms with Crippen LogP contribution in [-0.2, 0) is 0 Å². The Hall–Kier alpha value is -18.3. The zero-order valence-corrected chi connectivity index (χ0v) is 79.3. The maximum absolute atomic E-state index is 4.94. The van der Waals surface area contributed by atoms with Crippen molar-refractivity contribution in [3.05, 3.63) is 533 Å². The predicted octanol–water partition coefficient (Wildman–Crippen LogP) is 29.6. The molecule has 8 heterocycles. The first-order valence-electron chi connectivity index (χ1n) is 46.1. The molecule has 0 spiro atoms. The fourth-order valence-corrected chi connectivity index (χ4v) is 15.3. The molecule has 8 aromatic heterocycles. The van der Waals surface area contributed by atoms with Crippen LogP contribution in [0.1, 0.15) is 45.9 Å². The molecular weight excluding hydrogens is 1710 g/mol. The van der Waals surface area contributed by atoms with Crippen molar-refractivity contribution in [1.29, 1.82) is 0 Å². The van der Waals surface area contributed by atoms with Crippen LogP contribution in [0, 0.1) is 55.4 Å². The van der Waals surface area contributed by atoms with E-state index in [9.17, 15) is 0 Å². The highest BCUT2D eigenvalue weighted by atomic mass is 14.9. The first-order chi connectivity index (χ1) is 68.8. The number of benzene rings is 14. The number of rotatable bonds is 14. The third kappa shape index (κ3) is 27.3. The Kier molecular flexibility index (Phi) is 34.5. The molecule has 0 atom stereocenters. The van der Waals surface area contributed by atoms with E-state index in [4.69, 9.17) is 19.9 Å². The summed E-state index contributed by atoms with van der Waals surface area (Å²) in [5.41, 5.74) is 32.8. The Morgan fingerprint density at radius 3 is 0.921 bits per heavy atom. The van der Waals surface area contributed by atoms with Crippen molar-refractivity contribution in [2.24, 2.45) is 0 Å². The summed E-state index contributed by atoms with van der Waals surface area (Å²) in [6.45, 7) is 15.8. The molecule has 0 fully saturated rings. The topological polar surface area (TPSA) is 206 Å². The van der Waals surface area contributed by atoms with Crippen molar-refractivity contribution in [1.82, 2.24) is 79.7 Å². The average molecular weight is 1820 g/mol. The lowest BCUT2D eigenvalue weighted by atomic mass is 9.94. The molecule has 22 aromatic rings. The van der Waals surface area contributed by atoms with Crippen LogP contribution in [0.2, 0.25) is 0 Å². The predicted molar refractivity (Wildman–Crippen MR) is 570 cm³/mol. The smallest absolute Gasteiger partial charge is 0.160 e. The Morgan fingerprint density at radius 1 is 0.164 bits per heavy atom. The standard InChI is InChI=1S/2C23H18N2.2C17H14N2.4C11H10N2/c1-17-24-22(19-13-7-3-8-14-19)21(18-11-5-2-6-12-18)23(25-17)20-15-9-4-10-16-20;1-17-21(18-11-5-2-6-12-18)22(19-13-7-3-8-14-19)25-23(24-17)20-15-9-4-10-16-20;1-13-16(14-8-4-2-5-9-14)17(19-12-18-13)15-10-6-3-7-11-15;1-13-12-16(14-8-4-2-5-9-14)19-17(18-13)15-10-6-3-7-11-15;1-9-11(7-12-8-13-9)10-5-3-2-4-6-10;1-9-12-7-11(8-13-9)10-5-3-2-4-6-10;1-9-7-11(13-8-12-9)10-5-3-2-4-6-10;1-9-12-8-7-11(13-9)10-5-3-2-4-6-10/h2*2-16H,1H3;2*2-12H,1H3;4*2-8H,1H3.